The number of benzene rings is 2. The predicted octanol–water partition coefficient (Wildman–Crippen LogP) is 3.89. The smallest absolute Gasteiger partial charge is 0.335 e. The number of hydrogen-bond donors (Lipinski definition) is 2. The van der Waals surface area contributed by atoms with Crippen LogP contribution in [-0.2, 0) is 11.2 Å². The molecule has 1 aliphatic carbocycles. The van der Waals surface area contributed by atoms with Crippen molar-refractivity contribution in [3.05, 3.63) is 59.7 Å². The van der Waals surface area contributed by atoms with Gasteiger partial charge in [0.15, 0.2) is 0 Å². The van der Waals surface area contributed by atoms with Crippen LogP contribution in [-0.4, -0.2) is 23.1 Å². The molecule has 2 aromatic carbocycles. The molecule has 5 nitrogen and oxygen atoms in total. The molecular formula is C20H21NO4. The number of rotatable bonds is 6. The van der Waals surface area contributed by atoms with Crippen LogP contribution < -0.4 is 10.1 Å². The molecule has 0 aromatic heterocycles. The number of amides is 1. The summed E-state index contributed by atoms with van der Waals surface area (Å²) in [5, 5.41) is 12.0. The molecule has 5 heteroatoms. The summed E-state index contributed by atoms with van der Waals surface area (Å²) in [7, 11) is 0. The Balaban J connectivity index is 1.64. The molecule has 1 amide bonds. The average molecular weight is 339 g/mol. The van der Waals surface area contributed by atoms with E-state index in [0.717, 1.165) is 18.6 Å². The molecule has 1 saturated carbocycles. The number of anilines is 1. The topological polar surface area (TPSA) is 75.6 Å². The summed E-state index contributed by atoms with van der Waals surface area (Å²) in [5.41, 5.74) is 1.29. The lowest BCUT2D eigenvalue weighted by Gasteiger charge is -2.14. The highest BCUT2D eigenvalue weighted by Crippen LogP contribution is 2.25. The zero-order valence-electron chi connectivity index (χ0n) is 13.9. The molecule has 3 rings (SSSR count). The van der Waals surface area contributed by atoms with Gasteiger partial charge >= 0.3 is 5.97 Å². The third-order valence-electron chi connectivity index (χ3n) is 4.32. The van der Waals surface area contributed by atoms with E-state index in [2.05, 4.69) is 5.32 Å². The summed E-state index contributed by atoms with van der Waals surface area (Å²) in [5.74, 6) is -0.544. The van der Waals surface area contributed by atoms with Crippen molar-refractivity contribution >= 4 is 17.6 Å². The second-order valence-corrected chi connectivity index (χ2v) is 6.24. The van der Waals surface area contributed by atoms with Crippen LogP contribution in [0.2, 0.25) is 0 Å². The van der Waals surface area contributed by atoms with Crippen LogP contribution in [0.15, 0.2) is 48.5 Å². The summed E-state index contributed by atoms with van der Waals surface area (Å²) in [6, 6.07) is 13.9. The number of carboxylic acids is 1. The fourth-order valence-electron chi connectivity index (χ4n) is 3.11. The molecule has 0 atom stereocenters. The maximum Gasteiger partial charge on any atom is 0.335 e. The Hall–Kier alpha value is -2.82. The van der Waals surface area contributed by atoms with E-state index in [1.165, 1.54) is 18.9 Å². The third kappa shape index (κ3) is 4.59. The molecule has 0 saturated heterocycles. The van der Waals surface area contributed by atoms with Gasteiger partial charge in [-0.2, -0.15) is 0 Å². The fourth-order valence-corrected chi connectivity index (χ4v) is 3.11. The predicted molar refractivity (Wildman–Crippen MR) is 95.1 cm³/mol. The van der Waals surface area contributed by atoms with Crippen LogP contribution in [0.25, 0.3) is 0 Å². The lowest BCUT2D eigenvalue weighted by molar-refractivity contribution is -0.115. The quantitative estimate of drug-likeness (QED) is 0.837. The second-order valence-electron chi connectivity index (χ2n) is 6.24. The molecular weight excluding hydrogens is 318 g/mol. The van der Waals surface area contributed by atoms with E-state index in [9.17, 15) is 14.7 Å². The van der Waals surface area contributed by atoms with E-state index in [4.69, 9.17) is 4.74 Å². The molecule has 0 heterocycles. The number of ether oxygens (including phenoxy) is 1. The van der Waals surface area contributed by atoms with Crippen LogP contribution >= 0.6 is 0 Å². The van der Waals surface area contributed by atoms with Crippen molar-refractivity contribution in [2.75, 3.05) is 5.32 Å². The van der Waals surface area contributed by atoms with E-state index in [1.807, 2.05) is 12.1 Å². The number of hydrogen-bond acceptors (Lipinski definition) is 3. The van der Waals surface area contributed by atoms with Crippen LogP contribution in [0.4, 0.5) is 5.69 Å². The second kappa shape index (κ2) is 7.83. The van der Waals surface area contributed by atoms with Crippen LogP contribution in [0.3, 0.4) is 0 Å². The van der Waals surface area contributed by atoms with E-state index >= 15 is 0 Å². The first-order chi connectivity index (χ1) is 12.1. The number of carbonyl (C=O) groups excluding carboxylic acids is 1. The van der Waals surface area contributed by atoms with Gasteiger partial charge in [0.05, 0.1) is 18.1 Å². The molecule has 0 bridgehead atoms. The summed E-state index contributed by atoms with van der Waals surface area (Å²) in [4.78, 5) is 23.5. The van der Waals surface area contributed by atoms with E-state index in [-0.39, 0.29) is 24.0 Å². The molecule has 0 spiro atoms. The third-order valence-corrected chi connectivity index (χ3v) is 4.32. The molecule has 0 aliphatic heterocycles. The van der Waals surface area contributed by atoms with Gasteiger partial charge in [-0.15, -0.1) is 0 Å². The van der Waals surface area contributed by atoms with E-state index < -0.39 is 5.97 Å². The van der Waals surface area contributed by atoms with Gasteiger partial charge in [0.1, 0.15) is 5.75 Å². The lowest BCUT2D eigenvalue weighted by atomic mass is 10.0. The minimum Gasteiger partial charge on any atom is -0.490 e. The number of carbonyl (C=O) groups is 2. The zero-order valence-corrected chi connectivity index (χ0v) is 13.9. The highest BCUT2D eigenvalue weighted by molar-refractivity contribution is 5.96. The summed E-state index contributed by atoms with van der Waals surface area (Å²) in [6.07, 6.45) is 4.81. The molecule has 2 aromatic rings. The number of aromatic carboxylic acids is 1. The van der Waals surface area contributed by atoms with Crippen LogP contribution in [0, 0.1) is 0 Å². The molecule has 1 fully saturated rings. The van der Waals surface area contributed by atoms with Gasteiger partial charge in [0.25, 0.3) is 0 Å². The molecule has 2 N–H and O–H groups in total. The van der Waals surface area contributed by atoms with E-state index in [0.29, 0.717) is 11.3 Å². The summed E-state index contributed by atoms with van der Waals surface area (Å²) >= 11 is 0. The van der Waals surface area contributed by atoms with Gasteiger partial charge in [-0.25, -0.2) is 4.79 Å². The molecule has 130 valence electrons. The SMILES string of the molecule is O=C(Cc1ccccc1C(=O)O)Nc1cccc(OC2CCCC2)c1. The Morgan fingerprint density at radius 1 is 1.08 bits per heavy atom. The van der Waals surface area contributed by atoms with Crippen molar-refractivity contribution in [1.82, 2.24) is 0 Å². The van der Waals surface area contributed by atoms with Gasteiger partial charge in [0, 0.05) is 11.8 Å². The zero-order chi connectivity index (χ0) is 17.6. The molecule has 0 radical (unpaired) electrons. The van der Waals surface area contributed by atoms with Gasteiger partial charge in [-0.1, -0.05) is 24.3 Å². The maximum atomic E-state index is 12.3. The molecule has 0 unspecified atom stereocenters. The fraction of sp³-hybridized carbons (Fsp3) is 0.300. The normalized spacial score (nSPS) is 14.2. The highest BCUT2D eigenvalue weighted by atomic mass is 16.5. The first-order valence-corrected chi connectivity index (χ1v) is 8.49. The highest BCUT2D eigenvalue weighted by Gasteiger charge is 2.17. The van der Waals surface area contributed by atoms with Crippen molar-refractivity contribution in [3.63, 3.8) is 0 Å². The Morgan fingerprint density at radius 2 is 1.84 bits per heavy atom. The maximum absolute atomic E-state index is 12.3. The van der Waals surface area contributed by atoms with Crippen LogP contribution in [0.1, 0.15) is 41.6 Å². The Bertz CT molecular complexity index is 766. The first-order valence-electron chi connectivity index (χ1n) is 8.49. The number of carboxylic acid groups (broad SMARTS) is 1. The standard InChI is InChI=1S/C20H21NO4/c22-19(12-14-6-1-4-11-18(14)20(23)24)21-15-7-5-10-17(13-15)25-16-8-2-3-9-16/h1,4-7,10-11,13,16H,2-3,8-9,12H2,(H,21,22)(H,23,24). The largest absolute Gasteiger partial charge is 0.490 e. The Kier molecular flexibility index (Phi) is 5.33. The van der Waals surface area contributed by atoms with Gasteiger partial charge in [-0.05, 0) is 49.4 Å². The molecule has 1 aliphatic rings. The van der Waals surface area contributed by atoms with Crippen molar-refractivity contribution in [3.8, 4) is 5.75 Å². The van der Waals surface area contributed by atoms with Crippen LogP contribution in [0.5, 0.6) is 5.75 Å². The Labute approximate surface area is 146 Å². The lowest BCUT2D eigenvalue weighted by Crippen LogP contribution is -2.17. The van der Waals surface area contributed by atoms with Crippen molar-refractivity contribution in [1.29, 1.82) is 0 Å². The minimum atomic E-state index is -1.03. The number of nitrogens with one attached hydrogen (secondary N) is 1. The minimum absolute atomic E-state index is 0.0101. The van der Waals surface area contributed by atoms with Gasteiger partial charge < -0.3 is 15.2 Å². The molecule has 25 heavy (non-hydrogen) atoms. The van der Waals surface area contributed by atoms with Gasteiger partial charge in [-0.3, -0.25) is 4.79 Å². The Morgan fingerprint density at radius 3 is 2.60 bits per heavy atom. The first kappa shape index (κ1) is 17.0. The van der Waals surface area contributed by atoms with Crippen molar-refractivity contribution in [2.24, 2.45) is 0 Å². The van der Waals surface area contributed by atoms with Crippen molar-refractivity contribution in [2.45, 2.75) is 38.2 Å². The van der Waals surface area contributed by atoms with E-state index in [1.54, 1.807) is 30.3 Å². The monoisotopic (exact) mass is 339 g/mol. The van der Waals surface area contributed by atoms with Gasteiger partial charge in [0.2, 0.25) is 5.91 Å². The van der Waals surface area contributed by atoms with Crippen molar-refractivity contribution < 1.29 is 19.4 Å². The summed E-state index contributed by atoms with van der Waals surface area (Å²) < 4.78 is 5.94. The summed E-state index contributed by atoms with van der Waals surface area (Å²) in [6.45, 7) is 0. The average Bonchev–Trinajstić information content (AvgIpc) is 3.08.